The molecule has 4 atom stereocenters. The highest BCUT2D eigenvalue weighted by molar-refractivity contribution is 7.91. The Morgan fingerprint density at radius 3 is 2.60 bits per heavy atom. The van der Waals surface area contributed by atoms with Gasteiger partial charge in [-0.25, -0.2) is 12.8 Å². The second-order valence-electron chi connectivity index (χ2n) is 13.4. The summed E-state index contributed by atoms with van der Waals surface area (Å²) < 4.78 is 120. The summed E-state index contributed by atoms with van der Waals surface area (Å²) >= 11 is 0. The van der Waals surface area contributed by atoms with Crippen LogP contribution in [0.3, 0.4) is 0 Å². The normalized spacial score (nSPS) is 27.8. The van der Waals surface area contributed by atoms with Gasteiger partial charge in [-0.1, -0.05) is 5.92 Å². The Bertz CT molecular complexity index is 1860. The number of nitrogen functional groups attached to an aromatic ring is 1. The molecule has 9 nitrogen and oxygen atoms in total. The average Bonchev–Trinajstić information content (AvgIpc) is 3.68. The summed E-state index contributed by atoms with van der Waals surface area (Å²) in [6, 6.07) is 0.876. The van der Waals surface area contributed by atoms with E-state index in [-0.39, 0.29) is 54.5 Å². The number of ether oxygens (including phenoxy) is 1. The molecule has 4 fully saturated rings. The molecular formula is C32H34F6N6O3S. The summed E-state index contributed by atoms with van der Waals surface area (Å²) in [7, 11) is -4.47. The molecule has 0 saturated carbocycles. The maximum absolute atomic E-state index is 15.7. The summed E-state index contributed by atoms with van der Waals surface area (Å²) in [5.74, 6) is 2.74. The van der Waals surface area contributed by atoms with E-state index in [4.69, 9.17) is 10.5 Å². The summed E-state index contributed by atoms with van der Waals surface area (Å²) in [6.45, 7) is 3.05. The van der Waals surface area contributed by atoms with Gasteiger partial charge in [0, 0.05) is 60.4 Å². The predicted octanol–water partition coefficient (Wildman–Crippen LogP) is 4.51. The van der Waals surface area contributed by atoms with Gasteiger partial charge in [0.2, 0.25) is 0 Å². The van der Waals surface area contributed by atoms with Crippen LogP contribution in [0, 0.1) is 17.7 Å². The topological polar surface area (TPSA) is 114 Å². The number of nitrogens with zero attached hydrogens (tertiary/aromatic N) is 4. The monoisotopic (exact) mass is 696 g/mol. The third kappa shape index (κ3) is 5.67. The first-order valence-electron chi connectivity index (χ1n) is 15.8. The largest absolute Gasteiger partial charge is 0.461 e. The van der Waals surface area contributed by atoms with E-state index in [1.54, 1.807) is 0 Å². The van der Waals surface area contributed by atoms with E-state index in [0.29, 0.717) is 31.9 Å². The van der Waals surface area contributed by atoms with E-state index in [1.165, 1.54) is 6.92 Å². The number of benzene rings is 1. The lowest BCUT2D eigenvalue weighted by Gasteiger charge is -2.37. The standard InChI is InChI=1S/C32H34F6N6O3S/c1-2-4-17-9-22(39)27(33)25(26(17)32(36,37)38)24-10-23-21(15-48(24,45)46)29(43-13-19-5-6-20(14-43)40-19)42-30(41-23)47-16-31-7-3-8-44(31)12-18(11-31)28(34)35/h9,19-20,24,40H,3,5-8,10-16,39H2,1H3/t19?,20?,24-,31-/m0/s1. The Balaban J connectivity index is 1.32. The molecule has 48 heavy (non-hydrogen) atoms. The molecule has 2 bridgehead atoms. The van der Waals surface area contributed by atoms with Gasteiger partial charge in [0.1, 0.15) is 12.4 Å². The molecule has 5 aliphatic heterocycles. The van der Waals surface area contributed by atoms with E-state index >= 15 is 4.39 Å². The number of aromatic nitrogens is 2. The van der Waals surface area contributed by atoms with Crippen LogP contribution in [0.2, 0.25) is 0 Å². The minimum Gasteiger partial charge on any atom is -0.461 e. The van der Waals surface area contributed by atoms with Crippen LogP contribution in [0.15, 0.2) is 17.7 Å². The van der Waals surface area contributed by atoms with E-state index in [1.807, 2.05) is 9.80 Å². The first-order chi connectivity index (χ1) is 22.7. The van der Waals surface area contributed by atoms with Crippen LogP contribution in [0.1, 0.15) is 72.2 Å². The molecule has 0 amide bonds. The summed E-state index contributed by atoms with van der Waals surface area (Å²) in [5, 5.41) is 1.52. The third-order valence-corrected chi connectivity index (χ3v) is 12.3. The Morgan fingerprint density at radius 1 is 1.21 bits per heavy atom. The van der Waals surface area contributed by atoms with Gasteiger partial charge in [-0.05, 0) is 51.6 Å². The van der Waals surface area contributed by atoms with Crippen molar-refractivity contribution in [3.05, 3.63) is 51.5 Å². The maximum atomic E-state index is 15.7. The smallest absolute Gasteiger partial charge is 0.418 e. The lowest BCUT2D eigenvalue weighted by atomic mass is 9.93. The Kier molecular flexibility index (Phi) is 8.11. The predicted molar refractivity (Wildman–Crippen MR) is 165 cm³/mol. The Morgan fingerprint density at radius 2 is 1.94 bits per heavy atom. The van der Waals surface area contributed by atoms with Crippen LogP contribution >= 0.6 is 0 Å². The molecule has 2 aromatic rings. The van der Waals surface area contributed by atoms with Gasteiger partial charge in [-0.3, -0.25) is 4.90 Å². The number of nitrogens with two attached hydrogens (primary N) is 1. The second-order valence-corrected chi connectivity index (χ2v) is 15.5. The molecule has 0 radical (unpaired) electrons. The van der Waals surface area contributed by atoms with Crippen molar-refractivity contribution < 1.29 is 39.5 Å². The van der Waals surface area contributed by atoms with E-state index in [9.17, 15) is 30.4 Å². The molecular weight excluding hydrogens is 662 g/mol. The lowest BCUT2D eigenvalue weighted by Crippen LogP contribution is -2.52. The number of nitrogens with one attached hydrogen (secondary N) is 1. The molecule has 5 aliphatic rings. The Labute approximate surface area is 273 Å². The minimum atomic E-state index is -5.15. The van der Waals surface area contributed by atoms with Gasteiger partial charge in [-0.15, -0.1) is 5.92 Å². The lowest BCUT2D eigenvalue weighted by molar-refractivity contribution is -0.138. The van der Waals surface area contributed by atoms with Crippen molar-refractivity contribution in [3.63, 3.8) is 0 Å². The number of piperazine rings is 1. The second kappa shape index (κ2) is 11.8. The number of halogens is 6. The first kappa shape index (κ1) is 33.0. The zero-order chi connectivity index (χ0) is 34.2. The number of alkyl halides is 3. The van der Waals surface area contributed by atoms with Gasteiger partial charge in [0.25, 0.3) is 6.08 Å². The van der Waals surface area contributed by atoms with Crippen LogP contribution in [0.25, 0.3) is 0 Å². The molecule has 2 unspecified atom stereocenters. The van der Waals surface area contributed by atoms with Crippen molar-refractivity contribution in [2.75, 3.05) is 43.4 Å². The van der Waals surface area contributed by atoms with Crippen molar-refractivity contribution in [3.8, 4) is 17.9 Å². The number of rotatable bonds is 5. The highest BCUT2D eigenvalue weighted by atomic mass is 32.2. The van der Waals surface area contributed by atoms with Crippen LogP contribution < -0.4 is 20.7 Å². The van der Waals surface area contributed by atoms with Crippen molar-refractivity contribution in [1.29, 1.82) is 0 Å². The molecule has 16 heteroatoms. The zero-order valence-electron chi connectivity index (χ0n) is 26.1. The number of sulfone groups is 1. The van der Waals surface area contributed by atoms with Crippen molar-refractivity contribution in [2.45, 2.75) is 80.3 Å². The molecule has 3 N–H and O–H groups in total. The van der Waals surface area contributed by atoms with Gasteiger partial charge in [0.05, 0.1) is 33.5 Å². The number of fused-ring (bicyclic) bond motifs is 4. The quantitative estimate of drug-likeness (QED) is 0.265. The van der Waals surface area contributed by atoms with E-state index < -0.39 is 73.3 Å². The highest BCUT2D eigenvalue weighted by Crippen LogP contribution is 2.48. The van der Waals surface area contributed by atoms with E-state index in [2.05, 4.69) is 27.1 Å². The third-order valence-electron chi connectivity index (χ3n) is 10.3. The van der Waals surface area contributed by atoms with Gasteiger partial charge in [0.15, 0.2) is 15.7 Å². The van der Waals surface area contributed by atoms with Crippen LogP contribution in [-0.2, 0) is 28.2 Å². The van der Waals surface area contributed by atoms with Crippen molar-refractivity contribution in [2.24, 2.45) is 0 Å². The number of hydrogen-bond acceptors (Lipinski definition) is 9. The SMILES string of the molecule is CC#Cc1cc(N)c(F)c([C@@H]2Cc3nc(OC[C@@]45CCCN4CC(=C(F)F)C5)nc(N4CC5CCC(C4)N5)c3CS2(=O)=O)c1C(F)(F)F. The number of hydrogen-bond donors (Lipinski definition) is 2. The van der Waals surface area contributed by atoms with Crippen molar-refractivity contribution >= 4 is 21.3 Å². The summed E-state index contributed by atoms with van der Waals surface area (Å²) in [5.41, 5.74) is 1.61. The van der Waals surface area contributed by atoms with Gasteiger partial charge in [-0.2, -0.15) is 31.9 Å². The van der Waals surface area contributed by atoms with E-state index in [0.717, 1.165) is 25.3 Å². The van der Waals surface area contributed by atoms with Crippen LogP contribution in [-0.4, -0.2) is 73.7 Å². The summed E-state index contributed by atoms with van der Waals surface area (Å²) in [4.78, 5) is 13.1. The molecule has 4 saturated heterocycles. The molecule has 1 aromatic heterocycles. The molecule has 258 valence electrons. The van der Waals surface area contributed by atoms with Gasteiger partial charge >= 0.3 is 12.2 Å². The first-order valence-corrected chi connectivity index (χ1v) is 17.6. The van der Waals surface area contributed by atoms with Crippen LogP contribution in [0.4, 0.5) is 37.8 Å². The molecule has 0 spiro atoms. The summed E-state index contributed by atoms with van der Waals surface area (Å²) in [6.07, 6.45) is -4.11. The fourth-order valence-corrected chi connectivity index (χ4v) is 10.1. The number of anilines is 2. The average molecular weight is 697 g/mol. The minimum absolute atomic E-state index is 0.0162. The van der Waals surface area contributed by atoms with Crippen molar-refractivity contribution in [1.82, 2.24) is 20.2 Å². The van der Waals surface area contributed by atoms with Gasteiger partial charge < -0.3 is 20.7 Å². The highest BCUT2D eigenvalue weighted by Gasteiger charge is 2.49. The molecule has 7 rings (SSSR count). The molecule has 1 aromatic carbocycles. The fourth-order valence-electron chi connectivity index (χ4n) is 8.20. The Hall–Kier alpha value is -3.55. The fraction of sp³-hybridized carbons (Fsp3) is 0.562. The van der Waals surface area contributed by atoms with Crippen LogP contribution in [0.5, 0.6) is 6.01 Å². The molecule has 0 aliphatic carbocycles. The maximum Gasteiger partial charge on any atom is 0.418 e. The molecule has 6 heterocycles. The zero-order valence-corrected chi connectivity index (χ0v) is 26.9.